The fourth-order valence-corrected chi connectivity index (χ4v) is 4.40. The molecule has 0 saturated carbocycles. The first-order valence-corrected chi connectivity index (χ1v) is 10.3. The van der Waals surface area contributed by atoms with Gasteiger partial charge in [0.1, 0.15) is 5.69 Å². The maximum atomic E-state index is 12.9. The van der Waals surface area contributed by atoms with Crippen molar-refractivity contribution < 1.29 is 17.6 Å². The van der Waals surface area contributed by atoms with Crippen LogP contribution in [0.3, 0.4) is 0 Å². The van der Waals surface area contributed by atoms with Crippen molar-refractivity contribution in [1.29, 1.82) is 0 Å². The van der Waals surface area contributed by atoms with E-state index in [0.717, 1.165) is 6.42 Å². The van der Waals surface area contributed by atoms with Crippen molar-refractivity contribution in [2.75, 3.05) is 13.1 Å². The first kappa shape index (κ1) is 18.7. The van der Waals surface area contributed by atoms with E-state index in [2.05, 4.69) is 15.5 Å². The fraction of sp³-hybridized carbons (Fsp3) is 0.529. The third-order valence-electron chi connectivity index (χ3n) is 4.70. The van der Waals surface area contributed by atoms with Crippen LogP contribution in [-0.4, -0.2) is 48.0 Å². The summed E-state index contributed by atoms with van der Waals surface area (Å²) in [4.78, 5) is 12.4. The van der Waals surface area contributed by atoms with Crippen molar-refractivity contribution in [3.8, 4) is 11.5 Å². The number of aromatic nitrogens is 2. The molecule has 0 radical (unpaired) electrons. The van der Waals surface area contributed by atoms with Crippen LogP contribution in [0.4, 0.5) is 0 Å². The Morgan fingerprint density at radius 3 is 2.96 bits per heavy atom. The summed E-state index contributed by atoms with van der Waals surface area (Å²) < 4.78 is 32.6. The number of nitrogens with one attached hydrogen (secondary N) is 2. The molecule has 8 nitrogen and oxygen atoms in total. The van der Waals surface area contributed by atoms with Crippen molar-refractivity contribution in [3.63, 3.8) is 0 Å². The highest BCUT2D eigenvalue weighted by molar-refractivity contribution is 7.89. The molecule has 0 spiro atoms. The monoisotopic (exact) mass is 380 g/mol. The molecule has 1 aliphatic rings. The van der Waals surface area contributed by atoms with Gasteiger partial charge in [-0.2, -0.15) is 9.40 Å². The lowest BCUT2D eigenvalue weighted by molar-refractivity contribution is -0.126. The summed E-state index contributed by atoms with van der Waals surface area (Å²) >= 11 is 0. The van der Waals surface area contributed by atoms with Gasteiger partial charge in [0, 0.05) is 25.3 Å². The van der Waals surface area contributed by atoms with Crippen LogP contribution in [0.1, 0.15) is 33.1 Å². The Bertz CT molecular complexity index is 844. The summed E-state index contributed by atoms with van der Waals surface area (Å²) in [7, 11) is -3.78. The van der Waals surface area contributed by atoms with Gasteiger partial charge in [0.25, 0.3) is 10.0 Å². The third-order valence-corrected chi connectivity index (χ3v) is 6.44. The molecule has 9 heteroatoms. The Hall–Kier alpha value is -2.13. The van der Waals surface area contributed by atoms with Crippen molar-refractivity contribution in [3.05, 3.63) is 24.4 Å². The molecule has 26 heavy (non-hydrogen) atoms. The first-order valence-electron chi connectivity index (χ1n) is 8.82. The van der Waals surface area contributed by atoms with Gasteiger partial charge in [-0.3, -0.25) is 9.89 Å². The van der Waals surface area contributed by atoms with Gasteiger partial charge < -0.3 is 9.73 Å². The molecule has 3 rings (SSSR count). The lowest BCUT2D eigenvalue weighted by Gasteiger charge is -2.31. The van der Waals surface area contributed by atoms with Crippen LogP contribution >= 0.6 is 0 Å². The SMILES string of the molecule is CCC(C)NC(=O)C1CCCN(S(=O)(=O)c2ccc(-c3ccn[nH]3)o2)C1. The van der Waals surface area contributed by atoms with Crippen LogP contribution in [0.15, 0.2) is 33.9 Å². The molecule has 1 saturated heterocycles. The summed E-state index contributed by atoms with van der Waals surface area (Å²) in [5.41, 5.74) is 0.607. The van der Waals surface area contributed by atoms with Crippen LogP contribution in [0.25, 0.3) is 11.5 Å². The van der Waals surface area contributed by atoms with Crippen molar-refractivity contribution in [1.82, 2.24) is 19.8 Å². The largest absolute Gasteiger partial charge is 0.442 e. The van der Waals surface area contributed by atoms with Crippen LogP contribution in [0, 0.1) is 5.92 Å². The molecule has 2 aromatic heterocycles. The number of furan rings is 1. The third kappa shape index (κ3) is 3.83. The van der Waals surface area contributed by atoms with E-state index in [0.29, 0.717) is 30.8 Å². The Balaban J connectivity index is 1.74. The van der Waals surface area contributed by atoms with E-state index >= 15 is 0 Å². The van der Waals surface area contributed by atoms with Crippen LogP contribution in [0.2, 0.25) is 0 Å². The number of nitrogens with zero attached hydrogens (tertiary/aromatic N) is 2. The second-order valence-electron chi connectivity index (χ2n) is 6.61. The zero-order chi connectivity index (χ0) is 18.7. The van der Waals surface area contributed by atoms with Gasteiger partial charge in [-0.25, -0.2) is 8.42 Å². The normalized spacial score (nSPS) is 20.0. The lowest BCUT2D eigenvalue weighted by atomic mass is 9.98. The summed E-state index contributed by atoms with van der Waals surface area (Å²) in [5.74, 6) is -0.0180. The number of piperidine rings is 1. The minimum absolute atomic E-state index is 0.0801. The molecule has 2 atom stereocenters. The predicted molar refractivity (Wildman–Crippen MR) is 95.7 cm³/mol. The summed E-state index contributed by atoms with van der Waals surface area (Å²) in [6, 6.07) is 4.81. The molecule has 2 N–H and O–H groups in total. The summed E-state index contributed by atoms with van der Waals surface area (Å²) in [5, 5.41) is 9.39. The number of amides is 1. The number of carbonyl (C=O) groups is 1. The van der Waals surface area contributed by atoms with Gasteiger partial charge in [0.05, 0.1) is 5.92 Å². The standard InChI is InChI=1S/C17H24N4O4S/c1-3-12(2)19-17(22)13-5-4-10-21(11-13)26(23,24)16-7-6-15(25-16)14-8-9-18-20-14/h6-9,12-13H,3-5,10-11H2,1-2H3,(H,18,20)(H,19,22). The summed E-state index contributed by atoms with van der Waals surface area (Å²) in [6.07, 6.45) is 3.73. The van der Waals surface area contributed by atoms with Crippen LogP contribution in [-0.2, 0) is 14.8 Å². The average molecular weight is 380 g/mol. The molecule has 2 unspecified atom stereocenters. The Morgan fingerprint density at radius 2 is 2.27 bits per heavy atom. The smallest absolute Gasteiger partial charge is 0.276 e. The van der Waals surface area contributed by atoms with Crippen LogP contribution in [0.5, 0.6) is 0 Å². The van der Waals surface area contributed by atoms with Gasteiger partial charge in [-0.1, -0.05) is 6.92 Å². The van der Waals surface area contributed by atoms with E-state index in [1.165, 1.54) is 10.4 Å². The maximum absolute atomic E-state index is 12.9. The second-order valence-corrected chi connectivity index (χ2v) is 8.48. The zero-order valence-electron chi connectivity index (χ0n) is 14.9. The highest BCUT2D eigenvalue weighted by Gasteiger charge is 2.35. The number of hydrogen-bond acceptors (Lipinski definition) is 5. The number of hydrogen-bond donors (Lipinski definition) is 2. The molecule has 0 bridgehead atoms. The van der Waals surface area contributed by atoms with E-state index in [9.17, 15) is 13.2 Å². The maximum Gasteiger partial charge on any atom is 0.276 e. The molecule has 1 amide bonds. The van der Waals surface area contributed by atoms with Gasteiger partial charge in [-0.15, -0.1) is 0 Å². The topological polar surface area (TPSA) is 108 Å². The van der Waals surface area contributed by atoms with Crippen molar-refractivity contribution in [2.45, 2.75) is 44.2 Å². The van der Waals surface area contributed by atoms with E-state index in [-0.39, 0.29) is 29.5 Å². The quantitative estimate of drug-likeness (QED) is 0.797. The molecule has 1 aliphatic heterocycles. The Kier molecular flexibility index (Phi) is 5.47. The number of carbonyl (C=O) groups excluding carboxylic acids is 1. The Morgan fingerprint density at radius 1 is 1.46 bits per heavy atom. The van der Waals surface area contributed by atoms with E-state index in [1.54, 1.807) is 18.3 Å². The van der Waals surface area contributed by atoms with Gasteiger partial charge >= 0.3 is 0 Å². The van der Waals surface area contributed by atoms with Crippen molar-refractivity contribution in [2.24, 2.45) is 5.92 Å². The average Bonchev–Trinajstić information content (AvgIpc) is 3.33. The molecule has 3 heterocycles. The molecule has 1 fully saturated rings. The molecular formula is C17H24N4O4S. The van der Waals surface area contributed by atoms with Crippen molar-refractivity contribution >= 4 is 15.9 Å². The molecular weight excluding hydrogens is 356 g/mol. The highest BCUT2D eigenvalue weighted by atomic mass is 32.2. The highest BCUT2D eigenvalue weighted by Crippen LogP contribution is 2.28. The minimum atomic E-state index is -3.78. The molecule has 0 aliphatic carbocycles. The van der Waals surface area contributed by atoms with Gasteiger partial charge in [0.2, 0.25) is 11.0 Å². The lowest BCUT2D eigenvalue weighted by Crippen LogP contribution is -2.46. The molecule has 142 valence electrons. The molecule has 2 aromatic rings. The number of H-pyrrole nitrogens is 1. The number of aromatic amines is 1. The fourth-order valence-electron chi connectivity index (χ4n) is 2.96. The second kappa shape index (κ2) is 7.63. The first-order chi connectivity index (χ1) is 12.4. The molecule has 0 aromatic carbocycles. The number of sulfonamides is 1. The van der Waals surface area contributed by atoms with E-state index in [4.69, 9.17) is 4.42 Å². The number of rotatable bonds is 6. The van der Waals surface area contributed by atoms with Gasteiger partial charge in [-0.05, 0) is 44.4 Å². The van der Waals surface area contributed by atoms with E-state index < -0.39 is 10.0 Å². The van der Waals surface area contributed by atoms with E-state index in [1.807, 2.05) is 13.8 Å². The minimum Gasteiger partial charge on any atom is -0.442 e. The summed E-state index contributed by atoms with van der Waals surface area (Å²) in [6.45, 7) is 4.49. The zero-order valence-corrected chi connectivity index (χ0v) is 15.8. The predicted octanol–water partition coefficient (Wildman–Crippen LogP) is 1.99. The Labute approximate surface area is 153 Å². The van der Waals surface area contributed by atoms with Crippen LogP contribution < -0.4 is 5.32 Å². The van der Waals surface area contributed by atoms with Gasteiger partial charge in [0.15, 0.2) is 5.76 Å².